The van der Waals surface area contributed by atoms with Crippen molar-refractivity contribution in [3.63, 3.8) is 0 Å². The Bertz CT molecular complexity index is 55.7. The van der Waals surface area contributed by atoms with E-state index in [1.54, 1.807) is 0 Å². The van der Waals surface area contributed by atoms with Crippen LogP contribution in [0.1, 0.15) is 13.8 Å². The molecule has 0 spiro atoms. The van der Waals surface area contributed by atoms with E-state index < -0.39 is 0 Å². The van der Waals surface area contributed by atoms with Crippen molar-refractivity contribution in [3.05, 3.63) is 0 Å². The fourth-order valence-electron chi connectivity index (χ4n) is 0.249. The first-order valence-corrected chi connectivity index (χ1v) is 2.01. The van der Waals surface area contributed by atoms with Crippen molar-refractivity contribution in [1.82, 2.24) is 5.32 Å². The van der Waals surface area contributed by atoms with Gasteiger partial charge in [-0.3, -0.25) is 4.79 Å². The second-order valence-corrected chi connectivity index (χ2v) is 1.09. The molecular formula is C4H9LiNO+. The Hall–Kier alpha value is 0.0674. The summed E-state index contributed by atoms with van der Waals surface area (Å²) in [6, 6.07) is 0. The number of hydrogen-bond acceptors (Lipinski definition) is 1. The predicted octanol–water partition coefficient (Wildman–Crippen LogP) is -2.85. The van der Waals surface area contributed by atoms with Crippen LogP contribution in [-0.4, -0.2) is 12.5 Å². The van der Waals surface area contributed by atoms with Gasteiger partial charge < -0.3 is 5.32 Å². The number of hydrogen-bond donors (Lipinski definition) is 1. The quantitative estimate of drug-likeness (QED) is 0.348. The third kappa shape index (κ3) is 10.7. The van der Waals surface area contributed by atoms with E-state index in [0.29, 0.717) is 0 Å². The van der Waals surface area contributed by atoms with Gasteiger partial charge >= 0.3 is 18.9 Å². The summed E-state index contributed by atoms with van der Waals surface area (Å²) in [4.78, 5) is 9.93. The van der Waals surface area contributed by atoms with E-state index in [4.69, 9.17) is 0 Å². The van der Waals surface area contributed by atoms with Crippen molar-refractivity contribution in [2.45, 2.75) is 13.8 Å². The molecule has 0 saturated carbocycles. The smallest absolute Gasteiger partial charge is 0.357 e. The fraction of sp³-hybridized carbons (Fsp3) is 0.750. The van der Waals surface area contributed by atoms with Gasteiger partial charge in [0, 0.05) is 13.5 Å². The molecule has 0 atom stereocenters. The average Bonchev–Trinajstić information content (AvgIpc) is 1.35. The summed E-state index contributed by atoms with van der Waals surface area (Å²) in [6.45, 7) is 4.13. The van der Waals surface area contributed by atoms with Gasteiger partial charge in [-0.2, -0.15) is 0 Å². The molecule has 0 aliphatic carbocycles. The van der Waals surface area contributed by atoms with Crippen LogP contribution in [0, 0.1) is 0 Å². The minimum absolute atomic E-state index is 0. The maximum Gasteiger partial charge on any atom is 1.00 e. The standard InChI is InChI=1S/C4H9NO.Li/c1-3-5-4(2)6;/h3H2,1-2H3,(H,5,6);/q;+1. The second kappa shape index (κ2) is 6.07. The predicted molar refractivity (Wildman–Crippen MR) is 24.4 cm³/mol. The second-order valence-electron chi connectivity index (χ2n) is 1.09. The monoisotopic (exact) mass is 94.1 g/mol. The molecule has 0 rings (SSSR count). The Labute approximate surface area is 55.8 Å². The molecule has 36 valence electrons. The van der Waals surface area contributed by atoms with E-state index in [0.717, 1.165) is 6.54 Å². The molecule has 0 radical (unpaired) electrons. The summed E-state index contributed by atoms with van der Waals surface area (Å²) in [5, 5.41) is 2.57. The summed E-state index contributed by atoms with van der Waals surface area (Å²) in [7, 11) is 0. The minimum atomic E-state index is 0. The molecule has 0 aromatic carbocycles. The number of rotatable bonds is 1. The maximum absolute atomic E-state index is 9.93. The van der Waals surface area contributed by atoms with E-state index >= 15 is 0 Å². The fourth-order valence-corrected chi connectivity index (χ4v) is 0.249. The molecule has 0 unspecified atom stereocenters. The SMILES string of the molecule is CCNC(C)=O.[Li+]. The van der Waals surface area contributed by atoms with Gasteiger partial charge in [0.1, 0.15) is 0 Å². The largest absolute Gasteiger partial charge is 1.00 e. The molecule has 0 bridgehead atoms. The minimum Gasteiger partial charge on any atom is -0.357 e. The van der Waals surface area contributed by atoms with E-state index in [1.165, 1.54) is 6.92 Å². The van der Waals surface area contributed by atoms with Gasteiger partial charge in [-0.1, -0.05) is 0 Å². The van der Waals surface area contributed by atoms with Crippen molar-refractivity contribution in [1.29, 1.82) is 0 Å². The Balaban J connectivity index is 0. The molecule has 0 fully saturated rings. The first kappa shape index (κ1) is 10.1. The third-order valence-corrected chi connectivity index (χ3v) is 0.426. The third-order valence-electron chi connectivity index (χ3n) is 0.426. The van der Waals surface area contributed by atoms with Gasteiger partial charge in [-0.25, -0.2) is 0 Å². The summed E-state index contributed by atoms with van der Waals surface area (Å²) < 4.78 is 0. The molecule has 2 nitrogen and oxygen atoms in total. The molecule has 0 aromatic rings. The number of carbonyl (C=O) groups excluding carboxylic acids is 1. The first-order valence-electron chi connectivity index (χ1n) is 2.01. The van der Waals surface area contributed by atoms with Gasteiger partial charge in [-0.05, 0) is 6.92 Å². The Morgan fingerprint density at radius 1 is 1.71 bits per heavy atom. The Kier molecular flexibility index (Phi) is 8.78. The molecule has 0 aliphatic rings. The van der Waals surface area contributed by atoms with Crippen LogP contribution in [0.2, 0.25) is 0 Å². The zero-order chi connectivity index (χ0) is 4.99. The summed E-state index contributed by atoms with van der Waals surface area (Å²) >= 11 is 0. The number of carbonyl (C=O) groups is 1. The van der Waals surface area contributed by atoms with Crippen molar-refractivity contribution >= 4 is 5.91 Å². The molecule has 1 amide bonds. The molecule has 7 heavy (non-hydrogen) atoms. The van der Waals surface area contributed by atoms with Crippen LogP contribution in [0.4, 0.5) is 0 Å². The molecular weight excluding hydrogens is 85.0 g/mol. The maximum atomic E-state index is 9.93. The molecule has 0 aliphatic heterocycles. The van der Waals surface area contributed by atoms with Gasteiger partial charge in [0.05, 0.1) is 0 Å². The van der Waals surface area contributed by atoms with Crippen molar-refractivity contribution in [3.8, 4) is 0 Å². The van der Waals surface area contributed by atoms with Gasteiger partial charge in [-0.15, -0.1) is 0 Å². The van der Waals surface area contributed by atoms with Crippen LogP contribution in [0.25, 0.3) is 0 Å². The van der Waals surface area contributed by atoms with Crippen molar-refractivity contribution in [2.75, 3.05) is 6.54 Å². The summed E-state index contributed by atoms with van der Waals surface area (Å²) in [5.41, 5.74) is 0. The van der Waals surface area contributed by atoms with Crippen LogP contribution >= 0.6 is 0 Å². The van der Waals surface area contributed by atoms with Crippen molar-refractivity contribution < 1.29 is 23.7 Å². The summed E-state index contributed by atoms with van der Waals surface area (Å²) in [6.07, 6.45) is 0. The van der Waals surface area contributed by atoms with E-state index in [1.807, 2.05) is 6.92 Å². The van der Waals surface area contributed by atoms with Crippen LogP contribution in [0.5, 0.6) is 0 Å². The van der Waals surface area contributed by atoms with Crippen LogP contribution in [0.3, 0.4) is 0 Å². The average molecular weight is 94.1 g/mol. The van der Waals surface area contributed by atoms with Crippen LogP contribution in [0.15, 0.2) is 0 Å². The number of nitrogens with one attached hydrogen (secondary N) is 1. The summed E-state index contributed by atoms with van der Waals surface area (Å²) in [5.74, 6) is 0.0394. The molecule has 0 saturated heterocycles. The van der Waals surface area contributed by atoms with Gasteiger partial charge in [0.25, 0.3) is 0 Å². The molecule has 0 aromatic heterocycles. The molecule has 3 heteroatoms. The van der Waals surface area contributed by atoms with Crippen molar-refractivity contribution in [2.24, 2.45) is 0 Å². The van der Waals surface area contributed by atoms with Crippen LogP contribution < -0.4 is 24.2 Å². The van der Waals surface area contributed by atoms with Gasteiger partial charge in [0.2, 0.25) is 5.91 Å². The zero-order valence-corrected chi connectivity index (χ0v) is 5.12. The van der Waals surface area contributed by atoms with Gasteiger partial charge in [0.15, 0.2) is 0 Å². The Morgan fingerprint density at radius 2 is 2.14 bits per heavy atom. The first-order chi connectivity index (χ1) is 2.77. The topological polar surface area (TPSA) is 29.1 Å². The Morgan fingerprint density at radius 3 is 2.14 bits per heavy atom. The molecule has 1 N–H and O–H groups in total. The van der Waals surface area contributed by atoms with E-state index in [2.05, 4.69) is 5.32 Å². The van der Waals surface area contributed by atoms with E-state index in [9.17, 15) is 4.79 Å². The van der Waals surface area contributed by atoms with Crippen LogP contribution in [-0.2, 0) is 4.79 Å². The van der Waals surface area contributed by atoms with E-state index in [-0.39, 0.29) is 24.8 Å². The zero-order valence-electron chi connectivity index (χ0n) is 5.12. The number of amides is 1. The normalized spacial score (nSPS) is 6.57. The molecule has 0 heterocycles.